The fourth-order valence-corrected chi connectivity index (χ4v) is 1.29. The molecule has 0 aromatic heterocycles. The van der Waals surface area contributed by atoms with E-state index in [2.05, 4.69) is 0 Å². The van der Waals surface area contributed by atoms with Crippen LogP contribution in [0.5, 0.6) is 0 Å². The van der Waals surface area contributed by atoms with Gasteiger partial charge in [0.1, 0.15) is 0 Å². The average molecular weight is 202 g/mol. The summed E-state index contributed by atoms with van der Waals surface area (Å²) in [5.74, 6) is 0. The van der Waals surface area contributed by atoms with Crippen molar-refractivity contribution in [3.63, 3.8) is 0 Å². The van der Waals surface area contributed by atoms with Gasteiger partial charge < -0.3 is 15.7 Å². The molecule has 0 rings (SSSR count). The highest BCUT2D eigenvalue weighted by Gasteiger charge is 2.25. The quantitative estimate of drug-likeness (QED) is 0.731. The molecule has 4 heteroatoms. The molecule has 0 heterocycles. The monoisotopic (exact) mass is 202 g/mol. The zero-order valence-electron chi connectivity index (χ0n) is 9.58. The van der Waals surface area contributed by atoms with Crippen molar-refractivity contribution in [2.75, 3.05) is 6.54 Å². The Kier molecular flexibility index (Phi) is 4.91. The summed E-state index contributed by atoms with van der Waals surface area (Å²) in [7, 11) is 0. The summed E-state index contributed by atoms with van der Waals surface area (Å²) in [5, 5.41) is 8.97. The number of amides is 1. The maximum atomic E-state index is 10.9. The number of hydrogen-bond acceptors (Lipinski definition) is 2. The summed E-state index contributed by atoms with van der Waals surface area (Å²) < 4.78 is 0. The van der Waals surface area contributed by atoms with E-state index in [-0.39, 0.29) is 11.6 Å². The third kappa shape index (κ3) is 5.07. The van der Waals surface area contributed by atoms with E-state index in [1.807, 2.05) is 27.7 Å². The van der Waals surface area contributed by atoms with E-state index < -0.39 is 6.09 Å². The molecule has 0 radical (unpaired) electrons. The Bertz CT molecular complexity index is 185. The zero-order chi connectivity index (χ0) is 11.4. The number of nitrogens with zero attached hydrogens (tertiary/aromatic N) is 1. The molecule has 1 amide bonds. The molecule has 3 N–H and O–H groups in total. The standard InChI is InChI=1S/C10H22N2O2/c1-8(11)6-5-7-12(9(13)14)10(2,3)4/h8H,5-7,11H2,1-4H3,(H,13,14). The third-order valence-electron chi connectivity index (χ3n) is 2.08. The van der Waals surface area contributed by atoms with Crippen LogP contribution in [0.2, 0.25) is 0 Å². The number of carbonyl (C=O) groups is 1. The van der Waals surface area contributed by atoms with Gasteiger partial charge in [0, 0.05) is 18.1 Å². The first kappa shape index (κ1) is 13.2. The molecule has 0 saturated heterocycles. The summed E-state index contributed by atoms with van der Waals surface area (Å²) in [4.78, 5) is 12.4. The van der Waals surface area contributed by atoms with E-state index in [4.69, 9.17) is 10.8 Å². The van der Waals surface area contributed by atoms with Gasteiger partial charge in [0.15, 0.2) is 0 Å². The molecule has 1 atom stereocenters. The number of rotatable bonds is 4. The van der Waals surface area contributed by atoms with Crippen molar-refractivity contribution < 1.29 is 9.90 Å². The fourth-order valence-electron chi connectivity index (χ4n) is 1.29. The van der Waals surface area contributed by atoms with Crippen molar-refractivity contribution in [3.05, 3.63) is 0 Å². The van der Waals surface area contributed by atoms with Crippen LogP contribution in [0.15, 0.2) is 0 Å². The molecule has 14 heavy (non-hydrogen) atoms. The Hall–Kier alpha value is -0.770. The Morgan fingerprint density at radius 1 is 1.50 bits per heavy atom. The van der Waals surface area contributed by atoms with Gasteiger partial charge in [0.05, 0.1) is 0 Å². The van der Waals surface area contributed by atoms with Crippen molar-refractivity contribution in [2.24, 2.45) is 5.73 Å². The molecule has 4 nitrogen and oxygen atoms in total. The predicted octanol–water partition coefficient (Wildman–Crippen LogP) is 1.89. The van der Waals surface area contributed by atoms with Crippen molar-refractivity contribution in [1.29, 1.82) is 0 Å². The molecular weight excluding hydrogens is 180 g/mol. The molecule has 0 fully saturated rings. The van der Waals surface area contributed by atoms with Gasteiger partial charge in [0.2, 0.25) is 0 Å². The summed E-state index contributed by atoms with van der Waals surface area (Å²) in [6.45, 7) is 8.18. The molecular formula is C10H22N2O2. The van der Waals surface area contributed by atoms with Gasteiger partial charge in [-0.25, -0.2) is 4.79 Å². The van der Waals surface area contributed by atoms with E-state index in [0.29, 0.717) is 6.54 Å². The maximum absolute atomic E-state index is 10.9. The van der Waals surface area contributed by atoms with Gasteiger partial charge in [-0.15, -0.1) is 0 Å². The molecule has 84 valence electrons. The normalized spacial score (nSPS) is 13.8. The van der Waals surface area contributed by atoms with Crippen LogP contribution in [-0.4, -0.2) is 34.2 Å². The molecule has 0 spiro atoms. The highest BCUT2D eigenvalue weighted by Crippen LogP contribution is 2.14. The average Bonchev–Trinajstić information content (AvgIpc) is 1.94. The van der Waals surface area contributed by atoms with Gasteiger partial charge in [-0.3, -0.25) is 0 Å². The van der Waals surface area contributed by atoms with Crippen molar-refractivity contribution >= 4 is 6.09 Å². The minimum absolute atomic E-state index is 0.144. The molecule has 0 aromatic carbocycles. The lowest BCUT2D eigenvalue weighted by molar-refractivity contribution is 0.0988. The van der Waals surface area contributed by atoms with E-state index in [9.17, 15) is 4.79 Å². The van der Waals surface area contributed by atoms with E-state index in [1.54, 1.807) is 0 Å². The molecule has 0 aliphatic heterocycles. The predicted molar refractivity (Wildman–Crippen MR) is 57.4 cm³/mol. The SMILES string of the molecule is CC(N)CCCN(C(=O)O)C(C)(C)C. The van der Waals surface area contributed by atoms with Gasteiger partial charge >= 0.3 is 6.09 Å². The van der Waals surface area contributed by atoms with Gasteiger partial charge in [-0.05, 0) is 40.5 Å². The first-order valence-corrected chi connectivity index (χ1v) is 5.01. The topological polar surface area (TPSA) is 66.6 Å². The first-order chi connectivity index (χ1) is 6.25. The Morgan fingerprint density at radius 2 is 2.00 bits per heavy atom. The van der Waals surface area contributed by atoms with E-state index in [0.717, 1.165) is 12.8 Å². The molecule has 0 saturated carbocycles. The highest BCUT2D eigenvalue weighted by atomic mass is 16.4. The third-order valence-corrected chi connectivity index (χ3v) is 2.08. The van der Waals surface area contributed by atoms with Gasteiger partial charge in [-0.2, -0.15) is 0 Å². The maximum Gasteiger partial charge on any atom is 0.407 e. The van der Waals surface area contributed by atoms with E-state index >= 15 is 0 Å². The van der Waals surface area contributed by atoms with Crippen LogP contribution in [-0.2, 0) is 0 Å². The zero-order valence-corrected chi connectivity index (χ0v) is 9.58. The second-order valence-corrected chi connectivity index (χ2v) is 4.72. The molecule has 1 unspecified atom stereocenters. The van der Waals surface area contributed by atoms with E-state index in [1.165, 1.54) is 4.90 Å². The first-order valence-electron chi connectivity index (χ1n) is 5.01. The van der Waals surface area contributed by atoms with Crippen LogP contribution in [0.25, 0.3) is 0 Å². The summed E-state index contributed by atoms with van der Waals surface area (Å²) in [6, 6.07) is 0.144. The molecule has 0 aromatic rings. The Morgan fingerprint density at radius 3 is 2.29 bits per heavy atom. The number of hydrogen-bond donors (Lipinski definition) is 2. The van der Waals surface area contributed by atoms with Crippen LogP contribution >= 0.6 is 0 Å². The lowest BCUT2D eigenvalue weighted by Gasteiger charge is -2.33. The summed E-state index contributed by atoms with van der Waals surface area (Å²) >= 11 is 0. The summed E-state index contributed by atoms with van der Waals surface area (Å²) in [6.07, 6.45) is 0.823. The van der Waals surface area contributed by atoms with Crippen LogP contribution in [0.1, 0.15) is 40.5 Å². The van der Waals surface area contributed by atoms with Crippen molar-refractivity contribution in [3.8, 4) is 0 Å². The number of nitrogens with two attached hydrogens (primary N) is 1. The minimum atomic E-state index is -0.859. The molecule has 0 aliphatic rings. The van der Waals surface area contributed by atoms with Crippen molar-refractivity contribution in [1.82, 2.24) is 4.90 Å². The van der Waals surface area contributed by atoms with Crippen LogP contribution in [0.3, 0.4) is 0 Å². The summed E-state index contributed by atoms with van der Waals surface area (Å²) in [5.41, 5.74) is 5.27. The fraction of sp³-hybridized carbons (Fsp3) is 0.900. The van der Waals surface area contributed by atoms with Crippen LogP contribution in [0, 0.1) is 0 Å². The largest absolute Gasteiger partial charge is 0.465 e. The van der Waals surface area contributed by atoms with Crippen molar-refractivity contribution in [2.45, 2.75) is 52.1 Å². The Balaban J connectivity index is 4.07. The second-order valence-electron chi connectivity index (χ2n) is 4.72. The lowest BCUT2D eigenvalue weighted by atomic mass is 10.1. The minimum Gasteiger partial charge on any atom is -0.465 e. The second kappa shape index (κ2) is 5.20. The number of carboxylic acid groups (broad SMARTS) is 1. The van der Waals surface area contributed by atoms with Gasteiger partial charge in [0.25, 0.3) is 0 Å². The van der Waals surface area contributed by atoms with Gasteiger partial charge in [-0.1, -0.05) is 0 Å². The lowest BCUT2D eigenvalue weighted by Crippen LogP contribution is -2.45. The molecule has 0 aliphatic carbocycles. The smallest absolute Gasteiger partial charge is 0.407 e. The highest BCUT2D eigenvalue weighted by molar-refractivity contribution is 5.65. The Labute approximate surface area is 86.1 Å². The molecule has 0 bridgehead atoms. The van der Waals surface area contributed by atoms with Crippen LogP contribution in [0.4, 0.5) is 4.79 Å². The van der Waals surface area contributed by atoms with Crippen LogP contribution < -0.4 is 5.73 Å².